The van der Waals surface area contributed by atoms with Crippen LogP contribution >= 0.6 is 0 Å². The summed E-state index contributed by atoms with van der Waals surface area (Å²) in [4.78, 5) is 24.8. The SMILES string of the molecule is CC1(C)NC(=O)N(CCn2cc(CCN)nn2)C1=O. The van der Waals surface area contributed by atoms with E-state index in [1.54, 1.807) is 24.7 Å². The molecular weight excluding hydrogens is 248 g/mol. The van der Waals surface area contributed by atoms with Crippen LogP contribution in [-0.4, -0.2) is 50.5 Å². The van der Waals surface area contributed by atoms with Gasteiger partial charge in [-0.3, -0.25) is 14.4 Å². The molecule has 0 radical (unpaired) electrons. The van der Waals surface area contributed by atoms with Gasteiger partial charge in [0.05, 0.1) is 18.8 Å². The number of rotatable bonds is 5. The van der Waals surface area contributed by atoms with Gasteiger partial charge in [0.1, 0.15) is 5.54 Å². The van der Waals surface area contributed by atoms with Gasteiger partial charge in [0.15, 0.2) is 0 Å². The van der Waals surface area contributed by atoms with Gasteiger partial charge in [-0.1, -0.05) is 5.21 Å². The third-order valence-corrected chi connectivity index (χ3v) is 2.98. The van der Waals surface area contributed by atoms with Crippen LogP contribution in [0.3, 0.4) is 0 Å². The normalized spacial score (nSPS) is 17.9. The molecule has 3 N–H and O–H groups in total. The molecule has 8 nitrogen and oxygen atoms in total. The number of nitrogens with zero attached hydrogens (tertiary/aromatic N) is 4. The van der Waals surface area contributed by atoms with Gasteiger partial charge >= 0.3 is 6.03 Å². The van der Waals surface area contributed by atoms with Gasteiger partial charge in [0.25, 0.3) is 5.91 Å². The summed E-state index contributed by atoms with van der Waals surface area (Å²) in [5, 5.41) is 10.5. The van der Waals surface area contributed by atoms with Crippen LogP contribution in [-0.2, 0) is 17.8 Å². The predicted molar refractivity (Wildman–Crippen MR) is 67.1 cm³/mol. The molecule has 0 spiro atoms. The second kappa shape index (κ2) is 4.96. The van der Waals surface area contributed by atoms with Crippen LogP contribution in [0.15, 0.2) is 6.20 Å². The van der Waals surface area contributed by atoms with Crippen LogP contribution in [0.25, 0.3) is 0 Å². The van der Waals surface area contributed by atoms with Gasteiger partial charge in [-0.15, -0.1) is 5.10 Å². The van der Waals surface area contributed by atoms with Gasteiger partial charge in [-0.05, 0) is 20.4 Å². The van der Waals surface area contributed by atoms with Gasteiger partial charge in [-0.2, -0.15) is 0 Å². The Bertz CT molecular complexity index is 495. The lowest BCUT2D eigenvalue weighted by atomic mass is 10.1. The fourth-order valence-corrected chi connectivity index (χ4v) is 1.93. The molecular formula is C11H18N6O2. The first-order valence-electron chi connectivity index (χ1n) is 6.17. The molecule has 8 heteroatoms. The lowest BCUT2D eigenvalue weighted by molar-refractivity contribution is -0.130. The number of imide groups is 1. The van der Waals surface area contributed by atoms with E-state index < -0.39 is 5.54 Å². The Morgan fingerprint density at radius 3 is 2.68 bits per heavy atom. The summed E-state index contributed by atoms with van der Waals surface area (Å²) in [7, 11) is 0. The van der Waals surface area contributed by atoms with E-state index in [-0.39, 0.29) is 18.5 Å². The number of aromatic nitrogens is 3. The summed E-state index contributed by atoms with van der Waals surface area (Å²) in [5.74, 6) is -0.222. The number of amides is 3. The van der Waals surface area contributed by atoms with Crippen LogP contribution in [0.2, 0.25) is 0 Å². The average molecular weight is 266 g/mol. The smallest absolute Gasteiger partial charge is 0.325 e. The number of hydrogen-bond acceptors (Lipinski definition) is 5. The molecule has 19 heavy (non-hydrogen) atoms. The molecule has 0 bridgehead atoms. The number of urea groups is 1. The highest BCUT2D eigenvalue weighted by molar-refractivity contribution is 6.06. The molecule has 1 saturated heterocycles. The van der Waals surface area contributed by atoms with Crippen molar-refractivity contribution in [3.8, 4) is 0 Å². The minimum atomic E-state index is -0.829. The van der Waals surface area contributed by atoms with Crippen molar-refractivity contribution in [3.05, 3.63) is 11.9 Å². The first-order valence-corrected chi connectivity index (χ1v) is 6.17. The zero-order valence-corrected chi connectivity index (χ0v) is 11.1. The van der Waals surface area contributed by atoms with Crippen molar-refractivity contribution in [3.63, 3.8) is 0 Å². The van der Waals surface area contributed by atoms with E-state index in [4.69, 9.17) is 5.73 Å². The van der Waals surface area contributed by atoms with Crippen molar-refractivity contribution in [2.45, 2.75) is 32.4 Å². The van der Waals surface area contributed by atoms with Crippen LogP contribution in [0, 0.1) is 0 Å². The number of nitrogens with one attached hydrogen (secondary N) is 1. The van der Waals surface area contributed by atoms with E-state index in [2.05, 4.69) is 15.6 Å². The molecule has 0 unspecified atom stereocenters. The topological polar surface area (TPSA) is 106 Å². The predicted octanol–water partition coefficient (Wildman–Crippen LogP) is -0.890. The van der Waals surface area contributed by atoms with Gasteiger partial charge < -0.3 is 11.1 Å². The number of nitrogens with two attached hydrogens (primary N) is 1. The Balaban J connectivity index is 1.95. The Kier molecular flexibility index (Phi) is 3.52. The van der Waals surface area contributed by atoms with E-state index in [1.165, 1.54) is 4.90 Å². The first-order chi connectivity index (χ1) is 8.94. The maximum Gasteiger partial charge on any atom is 0.325 e. The van der Waals surface area contributed by atoms with Gasteiger partial charge in [0.2, 0.25) is 0 Å². The molecule has 1 aromatic rings. The molecule has 3 amide bonds. The number of carbonyl (C=O) groups is 2. The summed E-state index contributed by atoms with van der Waals surface area (Å²) < 4.78 is 1.61. The van der Waals surface area contributed by atoms with E-state index >= 15 is 0 Å². The minimum absolute atomic E-state index is 0.222. The molecule has 0 aromatic carbocycles. The Hall–Kier alpha value is -1.96. The van der Waals surface area contributed by atoms with Crippen LogP contribution in [0.4, 0.5) is 4.79 Å². The molecule has 0 atom stereocenters. The number of hydrogen-bond donors (Lipinski definition) is 2. The maximum absolute atomic E-state index is 11.9. The van der Waals surface area contributed by atoms with Crippen molar-refractivity contribution in [2.75, 3.05) is 13.1 Å². The molecule has 0 aliphatic carbocycles. The lowest BCUT2D eigenvalue weighted by Gasteiger charge is -2.15. The second-order valence-electron chi connectivity index (χ2n) is 5.02. The highest BCUT2D eigenvalue weighted by Crippen LogP contribution is 2.16. The quantitative estimate of drug-likeness (QED) is 0.672. The number of carbonyl (C=O) groups excluding carboxylic acids is 2. The lowest BCUT2D eigenvalue weighted by Crippen LogP contribution is -2.40. The zero-order chi connectivity index (χ0) is 14.0. The Morgan fingerprint density at radius 1 is 1.37 bits per heavy atom. The van der Waals surface area contributed by atoms with E-state index in [0.717, 1.165) is 5.69 Å². The van der Waals surface area contributed by atoms with Gasteiger partial charge in [0, 0.05) is 12.6 Å². The van der Waals surface area contributed by atoms with Crippen LogP contribution in [0.5, 0.6) is 0 Å². The minimum Gasteiger partial charge on any atom is -0.330 e. The molecule has 0 saturated carbocycles. The summed E-state index contributed by atoms with van der Waals surface area (Å²) in [6, 6.07) is -0.364. The standard InChI is InChI=1S/C11H18N6O2/c1-11(2)9(18)17(10(19)13-11)6-5-16-7-8(3-4-12)14-15-16/h7H,3-6,12H2,1-2H3,(H,13,19). The summed E-state index contributed by atoms with van der Waals surface area (Å²) >= 11 is 0. The molecule has 2 heterocycles. The second-order valence-corrected chi connectivity index (χ2v) is 5.02. The van der Waals surface area contributed by atoms with E-state index in [0.29, 0.717) is 19.5 Å². The first kappa shape index (κ1) is 13.5. The molecule has 1 aromatic heterocycles. The third kappa shape index (κ3) is 2.73. The molecule has 1 aliphatic rings. The van der Waals surface area contributed by atoms with Crippen molar-refractivity contribution >= 4 is 11.9 Å². The summed E-state index contributed by atoms with van der Waals surface area (Å²) in [6.45, 7) is 4.58. The monoisotopic (exact) mass is 266 g/mol. The largest absolute Gasteiger partial charge is 0.330 e. The molecule has 1 aliphatic heterocycles. The molecule has 2 rings (SSSR count). The van der Waals surface area contributed by atoms with E-state index in [9.17, 15) is 9.59 Å². The average Bonchev–Trinajstić information content (AvgIpc) is 2.83. The van der Waals surface area contributed by atoms with Gasteiger partial charge in [-0.25, -0.2) is 4.79 Å². The Labute approximate surface area is 110 Å². The highest BCUT2D eigenvalue weighted by atomic mass is 16.2. The van der Waals surface area contributed by atoms with Crippen molar-refractivity contribution in [1.29, 1.82) is 0 Å². The third-order valence-electron chi connectivity index (χ3n) is 2.98. The highest BCUT2D eigenvalue weighted by Gasteiger charge is 2.43. The van der Waals surface area contributed by atoms with Crippen LogP contribution < -0.4 is 11.1 Å². The fourth-order valence-electron chi connectivity index (χ4n) is 1.93. The fraction of sp³-hybridized carbons (Fsp3) is 0.636. The molecule has 1 fully saturated rings. The summed E-state index contributed by atoms with van der Waals surface area (Å²) in [5.41, 5.74) is 5.40. The summed E-state index contributed by atoms with van der Waals surface area (Å²) in [6.07, 6.45) is 2.44. The zero-order valence-electron chi connectivity index (χ0n) is 11.1. The Morgan fingerprint density at radius 2 is 2.11 bits per heavy atom. The van der Waals surface area contributed by atoms with Crippen LogP contribution in [0.1, 0.15) is 19.5 Å². The maximum atomic E-state index is 11.9. The van der Waals surface area contributed by atoms with E-state index in [1.807, 2.05) is 0 Å². The van der Waals surface area contributed by atoms with Crippen molar-refractivity contribution in [1.82, 2.24) is 25.2 Å². The van der Waals surface area contributed by atoms with Crippen molar-refractivity contribution < 1.29 is 9.59 Å². The molecule has 104 valence electrons. The van der Waals surface area contributed by atoms with Crippen molar-refractivity contribution in [2.24, 2.45) is 5.73 Å².